The molecule has 0 aromatic rings. The van der Waals surface area contributed by atoms with Crippen molar-refractivity contribution in [3.8, 4) is 0 Å². The predicted octanol–water partition coefficient (Wildman–Crippen LogP) is 3.12. The zero-order chi connectivity index (χ0) is 7.66. The molecule has 0 aromatic carbocycles. The van der Waals surface area contributed by atoms with Crippen LogP contribution in [0, 0.1) is 0 Å². The average molecular weight is 142 g/mol. The van der Waals surface area contributed by atoms with Gasteiger partial charge < -0.3 is 4.74 Å². The van der Waals surface area contributed by atoms with E-state index in [9.17, 15) is 0 Å². The third kappa shape index (κ3) is 7.54. The van der Waals surface area contributed by atoms with Gasteiger partial charge in [0.25, 0.3) is 0 Å². The topological polar surface area (TPSA) is 9.23 Å². The van der Waals surface area contributed by atoms with Crippen LogP contribution in [0.25, 0.3) is 0 Å². The van der Waals surface area contributed by atoms with Crippen LogP contribution < -0.4 is 0 Å². The second kappa shape index (κ2) is 8.54. The Morgan fingerprint density at radius 1 is 1.20 bits per heavy atom. The summed E-state index contributed by atoms with van der Waals surface area (Å²) in [7, 11) is 0. The molecule has 1 heteroatoms. The summed E-state index contributed by atoms with van der Waals surface area (Å²) in [4.78, 5) is 0. The molecular weight excluding hydrogens is 124 g/mol. The highest BCUT2D eigenvalue weighted by molar-refractivity contribution is 4.72. The van der Waals surface area contributed by atoms with Gasteiger partial charge in [-0.05, 0) is 25.8 Å². The van der Waals surface area contributed by atoms with Crippen LogP contribution >= 0.6 is 0 Å². The van der Waals surface area contributed by atoms with Crippen molar-refractivity contribution in [3.05, 3.63) is 12.3 Å². The maximum atomic E-state index is 5.03. The lowest BCUT2D eigenvalue weighted by molar-refractivity contribution is 0.268. The molecule has 0 N–H and O–H groups in total. The minimum Gasteiger partial charge on any atom is -0.502 e. The third-order valence-corrected chi connectivity index (χ3v) is 1.33. The number of rotatable bonds is 6. The Balaban J connectivity index is 2.88. The zero-order valence-electron chi connectivity index (χ0n) is 7.10. The molecule has 0 amide bonds. The van der Waals surface area contributed by atoms with Gasteiger partial charge in [-0.15, -0.1) is 0 Å². The maximum Gasteiger partial charge on any atom is 0.0845 e. The van der Waals surface area contributed by atoms with E-state index in [4.69, 9.17) is 4.74 Å². The molecule has 0 heterocycles. The minimum atomic E-state index is 0.782. The van der Waals surface area contributed by atoms with Gasteiger partial charge in [-0.2, -0.15) is 0 Å². The molecule has 0 fully saturated rings. The highest BCUT2D eigenvalue weighted by Crippen LogP contribution is 1.99. The summed E-state index contributed by atoms with van der Waals surface area (Å²) in [6.07, 6.45) is 8.97. The fourth-order valence-electron chi connectivity index (χ4n) is 0.744. The highest BCUT2D eigenvalue weighted by atomic mass is 16.5. The van der Waals surface area contributed by atoms with Gasteiger partial charge in [-0.1, -0.05) is 19.8 Å². The van der Waals surface area contributed by atoms with Crippen LogP contribution in [0.5, 0.6) is 0 Å². The van der Waals surface area contributed by atoms with Crippen LogP contribution in [0.4, 0.5) is 0 Å². The number of hydrogen-bond donors (Lipinski definition) is 0. The Morgan fingerprint density at radius 2 is 2.00 bits per heavy atom. The molecule has 0 bridgehead atoms. The van der Waals surface area contributed by atoms with Crippen LogP contribution in [0.15, 0.2) is 12.3 Å². The molecule has 0 saturated carbocycles. The summed E-state index contributed by atoms with van der Waals surface area (Å²) in [5, 5.41) is 0. The van der Waals surface area contributed by atoms with E-state index in [0.29, 0.717) is 0 Å². The molecule has 0 aliphatic carbocycles. The molecule has 0 radical (unpaired) electrons. The standard InChI is InChI=1S/C9H18O/c1-3-5-6-7-8-9-10-4-2/h8-9H,3-7H2,1-2H3/b9-8+. The smallest absolute Gasteiger partial charge is 0.0845 e. The second-order valence-electron chi connectivity index (χ2n) is 2.32. The first kappa shape index (κ1) is 9.54. The number of hydrogen-bond acceptors (Lipinski definition) is 1. The van der Waals surface area contributed by atoms with E-state index in [1.54, 1.807) is 6.26 Å². The van der Waals surface area contributed by atoms with E-state index in [1.165, 1.54) is 19.3 Å². The molecule has 0 spiro atoms. The van der Waals surface area contributed by atoms with Gasteiger partial charge >= 0.3 is 0 Å². The van der Waals surface area contributed by atoms with Gasteiger partial charge in [0.15, 0.2) is 0 Å². The Bertz CT molecular complexity index is 76.8. The molecule has 1 nitrogen and oxygen atoms in total. The zero-order valence-corrected chi connectivity index (χ0v) is 7.10. The van der Waals surface area contributed by atoms with Gasteiger partial charge in [-0.3, -0.25) is 0 Å². The van der Waals surface area contributed by atoms with Crippen LogP contribution in [0.3, 0.4) is 0 Å². The molecule has 0 rings (SSSR count). The first-order valence-corrected chi connectivity index (χ1v) is 4.18. The van der Waals surface area contributed by atoms with Crippen LogP contribution in [0.1, 0.15) is 39.5 Å². The van der Waals surface area contributed by atoms with Crippen molar-refractivity contribution < 1.29 is 4.74 Å². The average Bonchev–Trinajstić information content (AvgIpc) is 1.97. The van der Waals surface area contributed by atoms with Crippen molar-refractivity contribution in [2.45, 2.75) is 39.5 Å². The quantitative estimate of drug-likeness (QED) is 0.409. The number of ether oxygens (including phenoxy) is 1. The molecule has 0 aliphatic heterocycles. The van der Waals surface area contributed by atoms with Gasteiger partial charge in [0.05, 0.1) is 12.9 Å². The lowest BCUT2D eigenvalue weighted by Crippen LogP contribution is -1.76. The SMILES string of the molecule is CCCCC/C=C/OCC. The van der Waals surface area contributed by atoms with Gasteiger partial charge in [0.1, 0.15) is 0 Å². The van der Waals surface area contributed by atoms with E-state index in [-0.39, 0.29) is 0 Å². The minimum absolute atomic E-state index is 0.782. The predicted molar refractivity (Wildman–Crippen MR) is 44.9 cm³/mol. The fraction of sp³-hybridized carbons (Fsp3) is 0.778. The summed E-state index contributed by atoms with van der Waals surface area (Å²) >= 11 is 0. The molecule has 10 heavy (non-hydrogen) atoms. The second-order valence-corrected chi connectivity index (χ2v) is 2.32. The van der Waals surface area contributed by atoms with E-state index >= 15 is 0 Å². The van der Waals surface area contributed by atoms with Crippen LogP contribution in [-0.4, -0.2) is 6.61 Å². The van der Waals surface area contributed by atoms with Crippen molar-refractivity contribution in [2.75, 3.05) is 6.61 Å². The molecular formula is C9H18O. The van der Waals surface area contributed by atoms with E-state index in [1.807, 2.05) is 6.92 Å². The third-order valence-electron chi connectivity index (χ3n) is 1.33. The van der Waals surface area contributed by atoms with Crippen LogP contribution in [-0.2, 0) is 4.74 Å². The van der Waals surface area contributed by atoms with Gasteiger partial charge in [0.2, 0.25) is 0 Å². The van der Waals surface area contributed by atoms with E-state index < -0.39 is 0 Å². The lowest BCUT2D eigenvalue weighted by Gasteiger charge is -1.93. The number of unbranched alkanes of at least 4 members (excludes halogenated alkanes) is 3. The van der Waals surface area contributed by atoms with Crippen molar-refractivity contribution in [1.29, 1.82) is 0 Å². The normalized spacial score (nSPS) is 10.6. The van der Waals surface area contributed by atoms with Crippen LogP contribution in [0.2, 0.25) is 0 Å². The van der Waals surface area contributed by atoms with Gasteiger partial charge in [-0.25, -0.2) is 0 Å². The largest absolute Gasteiger partial charge is 0.502 e. The van der Waals surface area contributed by atoms with Crippen molar-refractivity contribution in [2.24, 2.45) is 0 Å². The van der Waals surface area contributed by atoms with Crippen molar-refractivity contribution in [3.63, 3.8) is 0 Å². The Morgan fingerprint density at radius 3 is 2.60 bits per heavy atom. The molecule has 0 saturated heterocycles. The fourth-order valence-corrected chi connectivity index (χ4v) is 0.744. The first-order valence-electron chi connectivity index (χ1n) is 4.18. The molecule has 0 atom stereocenters. The highest BCUT2D eigenvalue weighted by Gasteiger charge is 1.80. The lowest BCUT2D eigenvalue weighted by atomic mass is 10.2. The summed E-state index contributed by atoms with van der Waals surface area (Å²) < 4.78 is 5.03. The summed E-state index contributed by atoms with van der Waals surface area (Å²) in [5.41, 5.74) is 0. The maximum absolute atomic E-state index is 5.03. The Labute approximate surface area is 64.1 Å². The molecule has 0 aromatic heterocycles. The summed E-state index contributed by atoms with van der Waals surface area (Å²) in [6, 6.07) is 0. The van der Waals surface area contributed by atoms with Crippen molar-refractivity contribution >= 4 is 0 Å². The first-order chi connectivity index (χ1) is 4.91. The van der Waals surface area contributed by atoms with Crippen molar-refractivity contribution in [1.82, 2.24) is 0 Å². The molecule has 0 unspecified atom stereocenters. The Hall–Kier alpha value is -0.460. The Kier molecular flexibility index (Phi) is 8.15. The molecule has 0 aliphatic rings. The monoisotopic (exact) mass is 142 g/mol. The molecule has 60 valence electrons. The summed E-state index contributed by atoms with van der Waals surface area (Å²) in [5.74, 6) is 0. The van der Waals surface area contributed by atoms with Gasteiger partial charge in [0, 0.05) is 0 Å². The number of allylic oxidation sites excluding steroid dienone is 1. The summed E-state index contributed by atoms with van der Waals surface area (Å²) in [6.45, 7) is 4.99. The van der Waals surface area contributed by atoms with E-state index in [0.717, 1.165) is 13.0 Å². The van der Waals surface area contributed by atoms with E-state index in [2.05, 4.69) is 13.0 Å².